The first-order valence-corrected chi connectivity index (χ1v) is 8.32. The largest absolute Gasteiger partial charge is 0.474 e. The zero-order valence-corrected chi connectivity index (χ0v) is 14.1. The maximum Gasteiger partial charge on any atom is 0.361 e. The highest BCUT2D eigenvalue weighted by atomic mass is 16.5. The van der Waals surface area contributed by atoms with E-state index in [0.29, 0.717) is 5.41 Å². The van der Waals surface area contributed by atoms with Gasteiger partial charge in [-0.05, 0) is 44.4 Å². The number of hydrogen-bond donors (Lipinski definition) is 3. The molecule has 22 heavy (non-hydrogen) atoms. The number of nitrogens with two attached hydrogens (primary N) is 2. The Kier molecular flexibility index (Phi) is 7.51. The molecule has 1 rings (SSSR count). The van der Waals surface area contributed by atoms with Crippen molar-refractivity contribution < 1.29 is 14.3 Å². The Bertz CT molecular complexity index is 388. The summed E-state index contributed by atoms with van der Waals surface area (Å²) >= 11 is 0. The molecule has 6 heteroatoms. The SMILES string of the molecule is CCCC1(CC)CCC(O/C(N)=C(/NN)C(=O)OCC)CC1. The van der Waals surface area contributed by atoms with Crippen LogP contribution in [-0.2, 0) is 14.3 Å². The molecule has 0 aliphatic heterocycles. The molecule has 0 amide bonds. The molecule has 0 aromatic heterocycles. The van der Waals surface area contributed by atoms with Crippen molar-refractivity contribution in [3.05, 3.63) is 11.6 Å². The van der Waals surface area contributed by atoms with Gasteiger partial charge in [0.05, 0.1) is 6.61 Å². The minimum Gasteiger partial charge on any atom is -0.474 e. The molecule has 5 N–H and O–H groups in total. The second-order valence-corrected chi connectivity index (χ2v) is 6.02. The van der Waals surface area contributed by atoms with Gasteiger partial charge < -0.3 is 20.6 Å². The summed E-state index contributed by atoms with van der Waals surface area (Å²) in [6, 6.07) is 0. The highest BCUT2D eigenvalue weighted by molar-refractivity contribution is 5.88. The third-order valence-corrected chi connectivity index (χ3v) is 4.69. The first-order valence-electron chi connectivity index (χ1n) is 8.32. The lowest BCUT2D eigenvalue weighted by molar-refractivity contribution is -0.139. The topological polar surface area (TPSA) is 99.6 Å². The van der Waals surface area contributed by atoms with Crippen LogP contribution < -0.4 is 17.0 Å². The maximum absolute atomic E-state index is 11.7. The first kappa shape index (κ1) is 18.6. The molecule has 0 unspecified atom stereocenters. The molecule has 0 spiro atoms. The number of hydrogen-bond acceptors (Lipinski definition) is 6. The Morgan fingerprint density at radius 3 is 2.36 bits per heavy atom. The lowest BCUT2D eigenvalue weighted by Crippen LogP contribution is -2.35. The Morgan fingerprint density at radius 2 is 1.91 bits per heavy atom. The number of carbonyl (C=O) groups is 1. The third kappa shape index (κ3) is 4.80. The summed E-state index contributed by atoms with van der Waals surface area (Å²) in [5, 5.41) is 0. The first-order chi connectivity index (χ1) is 10.5. The van der Waals surface area contributed by atoms with Crippen LogP contribution in [-0.4, -0.2) is 18.7 Å². The van der Waals surface area contributed by atoms with Crippen molar-refractivity contribution in [2.24, 2.45) is 17.0 Å². The number of ether oxygens (including phenoxy) is 2. The van der Waals surface area contributed by atoms with E-state index in [-0.39, 0.29) is 24.3 Å². The van der Waals surface area contributed by atoms with Gasteiger partial charge in [0, 0.05) is 0 Å². The highest BCUT2D eigenvalue weighted by Crippen LogP contribution is 2.43. The Labute approximate surface area is 133 Å². The maximum atomic E-state index is 11.7. The van der Waals surface area contributed by atoms with Crippen LogP contribution >= 0.6 is 0 Å². The summed E-state index contributed by atoms with van der Waals surface area (Å²) < 4.78 is 10.6. The van der Waals surface area contributed by atoms with Gasteiger partial charge in [0.2, 0.25) is 5.88 Å². The van der Waals surface area contributed by atoms with E-state index in [1.165, 1.54) is 19.3 Å². The van der Waals surface area contributed by atoms with E-state index < -0.39 is 5.97 Å². The zero-order valence-electron chi connectivity index (χ0n) is 14.1. The highest BCUT2D eigenvalue weighted by Gasteiger charge is 2.34. The van der Waals surface area contributed by atoms with Gasteiger partial charge in [-0.3, -0.25) is 5.84 Å². The van der Waals surface area contributed by atoms with Crippen LogP contribution in [0.1, 0.15) is 65.7 Å². The van der Waals surface area contributed by atoms with Gasteiger partial charge in [0.25, 0.3) is 0 Å². The van der Waals surface area contributed by atoms with Crippen LogP contribution in [0.25, 0.3) is 0 Å². The van der Waals surface area contributed by atoms with Gasteiger partial charge >= 0.3 is 5.97 Å². The van der Waals surface area contributed by atoms with E-state index in [1.807, 2.05) is 0 Å². The molecule has 1 saturated carbocycles. The molecule has 6 nitrogen and oxygen atoms in total. The molecule has 1 aliphatic carbocycles. The number of hydrazine groups is 1. The molecular formula is C16H31N3O3. The third-order valence-electron chi connectivity index (χ3n) is 4.69. The summed E-state index contributed by atoms with van der Waals surface area (Å²) in [5.74, 6) is 4.77. The van der Waals surface area contributed by atoms with Crippen molar-refractivity contribution in [2.45, 2.75) is 71.8 Å². The lowest BCUT2D eigenvalue weighted by Gasteiger charge is -2.39. The second kappa shape index (κ2) is 8.88. The number of carbonyl (C=O) groups excluding carboxylic acids is 1. The molecule has 128 valence electrons. The average molecular weight is 313 g/mol. The van der Waals surface area contributed by atoms with Crippen LogP contribution in [0.4, 0.5) is 0 Å². The number of rotatable bonds is 8. The number of nitrogens with one attached hydrogen (secondary N) is 1. The van der Waals surface area contributed by atoms with Gasteiger partial charge in [0.15, 0.2) is 5.70 Å². The fraction of sp³-hybridized carbons (Fsp3) is 0.812. The van der Waals surface area contributed by atoms with Gasteiger partial charge in [-0.25, -0.2) is 4.79 Å². The van der Waals surface area contributed by atoms with E-state index in [4.69, 9.17) is 21.1 Å². The van der Waals surface area contributed by atoms with Crippen molar-refractivity contribution in [2.75, 3.05) is 6.61 Å². The van der Waals surface area contributed by atoms with Crippen molar-refractivity contribution >= 4 is 5.97 Å². The van der Waals surface area contributed by atoms with Gasteiger partial charge in [-0.1, -0.05) is 26.7 Å². The Morgan fingerprint density at radius 1 is 1.27 bits per heavy atom. The minimum atomic E-state index is -0.591. The van der Waals surface area contributed by atoms with E-state index in [9.17, 15) is 4.79 Å². The molecule has 0 radical (unpaired) electrons. The van der Waals surface area contributed by atoms with Crippen LogP contribution in [0.2, 0.25) is 0 Å². The number of esters is 1. The molecule has 1 aliphatic rings. The summed E-state index contributed by atoms with van der Waals surface area (Å²) in [4.78, 5) is 11.7. The molecule has 0 saturated heterocycles. The molecule has 0 heterocycles. The van der Waals surface area contributed by atoms with Gasteiger partial charge in [-0.15, -0.1) is 0 Å². The van der Waals surface area contributed by atoms with E-state index in [2.05, 4.69) is 19.3 Å². The van der Waals surface area contributed by atoms with Gasteiger partial charge in [0.1, 0.15) is 6.10 Å². The fourth-order valence-corrected chi connectivity index (χ4v) is 3.30. The van der Waals surface area contributed by atoms with Crippen molar-refractivity contribution in [1.29, 1.82) is 0 Å². The molecule has 0 aromatic rings. The van der Waals surface area contributed by atoms with Crippen molar-refractivity contribution in [1.82, 2.24) is 5.43 Å². The molecule has 0 atom stereocenters. The monoisotopic (exact) mass is 313 g/mol. The second-order valence-electron chi connectivity index (χ2n) is 6.02. The minimum absolute atomic E-state index is 0.0114. The normalized spacial score (nSPS) is 26.1. The molecule has 1 fully saturated rings. The quantitative estimate of drug-likeness (QED) is 0.209. The zero-order chi connectivity index (χ0) is 16.6. The van der Waals surface area contributed by atoms with Crippen molar-refractivity contribution in [3.63, 3.8) is 0 Å². The van der Waals surface area contributed by atoms with Crippen LogP contribution in [0, 0.1) is 5.41 Å². The van der Waals surface area contributed by atoms with E-state index >= 15 is 0 Å². The standard InChI is InChI=1S/C16H31N3O3/c1-4-9-16(5-2)10-7-12(8-11-16)22-14(17)13(19-18)15(20)21-6-3/h12,19H,4-11,17-18H2,1-3H3/b14-13+. The molecular weight excluding hydrogens is 282 g/mol. The summed E-state index contributed by atoms with van der Waals surface area (Å²) in [5.41, 5.74) is 8.58. The lowest BCUT2D eigenvalue weighted by atomic mass is 9.69. The Hall–Kier alpha value is -1.43. The molecule has 0 bridgehead atoms. The summed E-state index contributed by atoms with van der Waals surface area (Å²) in [7, 11) is 0. The Balaban J connectivity index is 2.63. The fourth-order valence-electron chi connectivity index (χ4n) is 3.30. The van der Waals surface area contributed by atoms with Crippen LogP contribution in [0.3, 0.4) is 0 Å². The van der Waals surface area contributed by atoms with Crippen LogP contribution in [0.15, 0.2) is 11.6 Å². The predicted molar refractivity (Wildman–Crippen MR) is 86.1 cm³/mol. The summed E-state index contributed by atoms with van der Waals surface area (Å²) in [6.07, 6.45) is 7.90. The smallest absolute Gasteiger partial charge is 0.361 e. The molecule has 0 aromatic carbocycles. The van der Waals surface area contributed by atoms with E-state index in [1.54, 1.807) is 6.92 Å². The van der Waals surface area contributed by atoms with Crippen LogP contribution in [0.5, 0.6) is 0 Å². The van der Waals surface area contributed by atoms with Gasteiger partial charge in [-0.2, -0.15) is 0 Å². The summed E-state index contributed by atoms with van der Waals surface area (Å²) in [6.45, 7) is 6.49. The van der Waals surface area contributed by atoms with Crippen molar-refractivity contribution in [3.8, 4) is 0 Å². The van der Waals surface area contributed by atoms with E-state index in [0.717, 1.165) is 25.7 Å². The average Bonchev–Trinajstić information content (AvgIpc) is 2.50. The predicted octanol–water partition coefficient (Wildman–Crippen LogP) is 2.30.